The Bertz CT molecular complexity index is 725. The van der Waals surface area contributed by atoms with Crippen molar-refractivity contribution in [3.05, 3.63) is 11.6 Å². The Hall–Kier alpha value is -1.53. The second-order valence-electron chi connectivity index (χ2n) is 8.71. The molecule has 0 aromatic rings. The summed E-state index contributed by atoms with van der Waals surface area (Å²) in [5.74, 6) is -2.87. The Morgan fingerprint density at radius 1 is 1.12 bits per heavy atom. The maximum absolute atomic E-state index is 13.1. The maximum atomic E-state index is 13.1. The number of Topliss-reactive ketones (excluding diaryl/α,β-unsaturated/α-hetero) is 1. The van der Waals surface area contributed by atoms with Gasteiger partial charge in [-0.3, -0.25) is 14.4 Å². The molecule has 0 aromatic heterocycles. The zero-order chi connectivity index (χ0) is 18.5. The van der Waals surface area contributed by atoms with E-state index in [2.05, 4.69) is 0 Å². The van der Waals surface area contributed by atoms with Crippen molar-refractivity contribution in [2.75, 3.05) is 0 Å². The first-order valence-electron chi connectivity index (χ1n) is 8.92. The molecule has 25 heavy (non-hydrogen) atoms. The Morgan fingerprint density at radius 2 is 1.76 bits per heavy atom. The molecular weight excluding hydrogens is 324 g/mol. The Morgan fingerprint density at radius 3 is 2.40 bits per heavy atom. The van der Waals surface area contributed by atoms with Gasteiger partial charge in [0.2, 0.25) is 0 Å². The van der Waals surface area contributed by atoms with Gasteiger partial charge in [-0.05, 0) is 12.0 Å². The molecule has 1 heterocycles. The number of carbonyl (C=O) groups is 3. The van der Waals surface area contributed by atoms with Crippen LogP contribution >= 0.6 is 0 Å². The van der Waals surface area contributed by atoms with Crippen LogP contribution in [-0.4, -0.2) is 46.1 Å². The van der Waals surface area contributed by atoms with Crippen LogP contribution in [0.5, 0.6) is 0 Å². The Labute approximate surface area is 146 Å². The largest absolute Gasteiger partial charge is 0.459 e. The molecule has 2 bridgehead atoms. The molecule has 3 aliphatic carbocycles. The van der Waals surface area contributed by atoms with Gasteiger partial charge in [-0.1, -0.05) is 33.3 Å². The number of hydrogen-bond acceptors (Lipinski definition) is 6. The minimum absolute atomic E-state index is 0.175. The number of hydrogen-bond donors (Lipinski definition) is 2. The van der Waals surface area contributed by atoms with E-state index in [1.807, 2.05) is 13.8 Å². The van der Waals surface area contributed by atoms with Crippen LogP contribution in [0.4, 0.5) is 0 Å². The van der Waals surface area contributed by atoms with Gasteiger partial charge in [0.25, 0.3) is 0 Å². The van der Waals surface area contributed by atoms with Crippen LogP contribution in [0.15, 0.2) is 11.6 Å². The van der Waals surface area contributed by atoms with Gasteiger partial charge >= 0.3 is 5.97 Å². The van der Waals surface area contributed by atoms with E-state index in [0.29, 0.717) is 5.57 Å². The number of ether oxygens (including phenoxy) is 1. The van der Waals surface area contributed by atoms with Crippen molar-refractivity contribution in [3.8, 4) is 0 Å². The maximum Gasteiger partial charge on any atom is 0.310 e. The van der Waals surface area contributed by atoms with E-state index in [1.165, 1.54) is 6.08 Å². The van der Waals surface area contributed by atoms with Crippen molar-refractivity contribution in [1.29, 1.82) is 0 Å². The minimum Gasteiger partial charge on any atom is -0.459 e. The van der Waals surface area contributed by atoms with Gasteiger partial charge in [0.1, 0.15) is 12.2 Å². The van der Waals surface area contributed by atoms with Crippen molar-refractivity contribution in [3.63, 3.8) is 0 Å². The van der Waals surface area contributed by atoms with E-state index >= 15 is 0 Å². The zero-order valence-corrected chi connectivity index (χ0v) is 14.9. The molecule has 136 valence electrons. The first kappa shape index (κ1) is 16.9. The van der Waals surface area contributed by atoms with Gasteiger partial charge in [-0.25, -0.2) is 0 Å². The fraction of sp³-hybridized carbons (Fsp3) is 0.737. The lowest BCUT2D eigenvalue weighted by atomic mass is 9.42. The molecule has 3 fully saturated rings. The highest BCUT2D eigenvalue weighted by atomic mass is 16.6. The summed E-state index contributed by atoms with van der Waals surface area (Å²) in [6, 6.07) is 0. The summed E-state index contributed by atoms with van der Waals surface area (Å²) in [5.41, 5.74) is -1.58. The molecule has 6 nitrogen and oxygen atoms in total. The molecule has 4 aliphatic rings. The number of esters is 1. The summed E-state index contributed by atoms with van der Waals surface area (Å²) in [7, 11) is 0. The van der Waals surface area contributed by atoms with Gasteiger partial charge in [0, 0.05) is 23.7 Å². The normalized spacial score (nSPS) is 54.6. The lowest BCUT2D eigenvalue weighted by molar-refractivity contribution is -0.184. The van der Waals surface area contributed by atoms with Gasteiger partial charge in [0.15, 0.2) is 11.6 Å². The molecule has 0 radical (unpaired) electrons. The minimum atomic E-state index is -1.30. The van der Waals surface area contributed by atoms with Crippen LogP contribution in [0, 0.1) is 34.5 Å². The van der Waals surface area contributed by atoms with E-state index in [4.69, 9.17) is 4.74 Å². The number of aliphatic hydroxyl groups is 2. The number of rotatable bonds is 0. The van der Waals surface area contributed by atoms with Crippen molar-refractivity contribution in [2.24, 2.45) is 34.5 Å². The highest BCUT2D eigenvalue weighted by molar-refractivity contribution is 6.02. The van der Waals surface area contributed by atoms with Gasteiger partial charge in [-0.15, -0.1) is 0 Å². The van der Waals surface area contributed by atoms with E-state index in [-0.39, 0.29) is 29.8 Å². The third kappa shape index (κ3) is 1.70. The van der Waals surface area contributed by atoms with Crippen LogP contribution in [0.3, 0.4) is 0 Å². The third-order valence-corrected chi connectivity index (χ3v) is 7.52. The topological polar surface area (TPSA) is 101 Å². The highest BCUT2D eigenvalue weighted by Crippen LogP contribution is 2.65. The quantitative estimate of drug-likeness (QED) is 0.623. The average Bonchev–Trinajstić information content (AvgIpc) is 2.78. The summed E-state index contributed by atoms with van der Waals surface area (Å²) < 4.78 is 5.40. The van der Waals surface area contributed by atoms with E-state index in [9.17, 15) is 24.6 Å². The average molecular weight is 348 g/mol. The fourth-order valence-electron chi connectivity index (χ4n) is 6.40. The first-order chi connectivity index (χ1) is 11.6. The molecular formula is C19H24O6. The Kier molecular flexibility index (Phi) is 3.24. The van der Waals surface area contributed by atoms with Crippen LogP contribution in [0.1, 0.15) is 34.1 Å². The summed E-state index contributed by atoms with van der Waals surface area (Å²) >= 11 is 0. The van der Waals surface area contributed by atoms with Gasteiger partial charge < -0.3 is 14.9 Å². The molecule has 0 amide bonds. The molecule has 1 saturated heterocycles. The van der Waals surface area contributed by atoms with Crippen molar-refractivity contribution < 1.29 is 29.3 Å². The smallest absolute Gasteiger partial charge is 0.310 e. The lowest BCUT2D eigenvalue weighted by Crippen LogP contribution is -2.68. The molecule has 2 saturated carbocycles. The standard InChI is InChI=1S/C19H24O6/c1-7-5-10(20)16(23)18(3)9(7)6-11(21)19(4)12-8(2)14(25-17(12)24)13(22)15(18)19/h6-8,12-16,22-23H,5H2,1-4H3/t7-,8-,12-,13+,14-,15-,16-,18+,19+/m1/s1. The lowest BCUT2D eigenvalue weighted by Gasteiger charge is -2.60. The zero-order valence-electron chi connectivity index (χ0n) is 14.9. The van der Waals surface area contributed by atoms with Crippen molar-refractivity contribution in [1.82, 2.24) is 0 Å². The summed E-state index contributed by atoms with van der Waals surface area (Å²) in [6.07, 6.45) is -1.42. The number of carbonyl (C=O) groups excluding carboxylic acids is 3. The molecule has 9 atom stereocenters. The van der Waals surface area contributed by atoms with Gasteiger partial charge in [0.05, 0.1) is 17.4 Å². The number of allylic oxidation sites excluding steroid dienone is 1. The number of ketones is 2. The third-order valence-electron chi connectivity index (χ3n) is 7.52. The molecule has 0 aromatic carbocycles. The predicted molar refractivity (Wildman–Crippen MR) is 86.1 cm³/mol. The molecule has 6 heteroatoms. The number of fused-ring (bicyclic) bond motifs is 6. The van der Waals surface area contributed by atoms with E-state index in [0.717, 1.165) is 0 Å². The second kappa shape index (κ2) is 4.80. The van der Waals surface area contributed by atoms with E-state index in [1.54, 1.807) is 13.8 Å². The summed E-state index contributed by atoms with van der Waals surface area (Å²) in [4.78, 5) is 38.0. The molecule has 0 unspecified atom stereocenters. The van der Waals surface area contributed by atoms with E-state index < -0.39 is 46.9 Å². The molecule has 2 N–H and O–H groups in total. The number of aliphatic hydroxyl groups excluding tert-OH is 2. The van der Waals surface area contributed by atoms with Crippen LogP contribution in [-0.2, 0) is 19.1 Å². The summed E-state index contributed by atoms with van der Waals surface area (Å²) in [5, 5.41) is 21.9. The van der Waals surface area contributed by atoms with Crippen LogP contribution in [0.25, 0.3) is 0 Å². The highest BCUT2D eigenvalue weighted by Gasteiger charge is 2.73. The Balaban J connectivity index is 1.99. The monoisotopic (exact) mass is 348 g/mol. The molecule has 0 spiro atoms. The SMILES string of the molecule is C[C@H]1[C@H]2OC(=O)[C@@H]1[C@]1(C)C(=O)C=C3[C@H](C)CC(=O)[C@@H](O)[C@]3(C)[C@H]1[C@H]2O. The van der Waals surface area contributed by atoms with Crippen LogP contribution in [0.2, 0.25) is 0 Å². The molecule has 4 rings (SSSR count). The van der Waals surface area contributed by atoms with Crippen molar-refractivity contribution in [2.45, 2.75) is 52.4 Å². The first-order valence-corrected chi connectivity index (χ1v) is 8.92. The van der Waals surface area contributed by atoms with Gasteiger partial charge in [-0.2, -0.15) is 0 Å². The second-order valence-corrected chi connectivity index (χ2v) is 8.71. The molecule has 1 aliphatic heterocycles. The van der Waals surface area contributed by atoms with Crippen molar-refractivity contribution >= 4 is 17.5 Å². The van der Waals surface area contributed by atoms with Crippen LogP contribution < -0.4 is 0 Å². The predicted octanol–water partition coefficient (Wildman–Crippen LogP) is 0.646. The summed E-state index contributed by atoms with van der Waals surface area (Å²) in [6.45, 7) is 7.10. The fourth-order valence-corrected chi connectivity index (χ4v) is 6.40.